The summed E-state index contributed by atoms with van der Waals surface area (Å²) in [5, 5.41) is 11.3. The molecule has 0 saturated carbocycles. The van der Waals surface area contributed by atoms with Crippen LogP contribution < -0.4 is 9.47 Å². The third kappa shape index (κ3) is 5.16. The fourth-order valence-electron chi connectivity index (χ4n) is 4.37. The molecule has 33 heavy (non-hydrogen) atoms. The van der Waals surface area contributed by atoms with Gasteiger partial charge in [0.15, 0.2) is 18.7 Å². The van der Waals surface area contributed by atoms with Gasteiger partial charge in [0.25, 0.3) is 0 Å². The van der Waals surface area contributed by atoms with Gasteiger partial charge in [0.05, 0.1) is 13.7 Å². The van der Waals surface area contributed by atoms with E-state index >= 15 is 0 Å². The SMILES string of the molecule is COc1ccc(O[C@@H]2O[C@@H]3COC(c4ccccc4)O[C@@H]3[C@H](O)[C@H]2OC2CCCCO2)cc1. The molecule has 2 aromatic carbocycles. The molecule has 3 aliphatic heterocycles. The summed E-state index contributed by atoms with van der Waals surface area (Å²) in [6.07, 6.45) is -2.04. The number of aliphatic hydroxyl groups is 1. The summed E-state index contributed by atoms with van der Waals surface area (Å²) in [5.74, 6) is 1.29. The second-order valence-electron chi connectivity index (χ2n) is 8.40. The predicted octanol–water partition coefficient (Wildman–Crippen LogP) is 3.19. The molecule has 0 bridgehead atoms. The molecule has 1 N–H and O–H groups in total. The Balaban J connectivity index is 1.34. The largest absolute Gasteiger partial charge is 0.497 e. The molecular formula is C25H30O8. The van der Waals surface area contributed by atoms with Crippen LogP contribution >= 0.6 is 0 Å². The summed E-state index contributed by atoms with van der Waals surface area (Å²) < 4.78 is 41.5. The highest BCUT2D eigenvalue weighted by atomic mass is 16.8. The normalized spacial score (nSPS) is 34.3. The lowest BCUT2D eigenvalue weighted by Crippen LogP contribution is -2.64. The van der Waals surface area contributed by atoms with E-state index < -0.39 is 43.3 Å². The first-order chi connectivity index (χ1) is 16.2. The first-order valence-electron chi connectivity index (χ1n) is 11.4. The van der Waals surface area contributed by atoms with Gasteiger partial charge in [-0.1, -0.05) is 30.3 Å². The highest BCUT2D eigenvalue weighted by Gasteiger charge is 2.51. The van der Waals surface area contributed by atoms with Crippen LogP contribution in [-0.2, 0) is 23.7 Å². The molecule has 0 aliphatic carbocycles. The number of aliphatic hydroxyl groups excluding tert-OH is 1. The molecule has 3 fully saturated rings. The zero-order valence-corrected chi connectivity index (χ0v) is 18.6. The van der Waals surface area contributed by atoms with Crippen molar-refractivity contribution in [2.45, 2.75) is 62.5 Å². The third-order valence-electron chi connectivity index (χ3n) is 6.14. The molecule has 3 aliphatic rings. The zero-order chi connectivity index (χ0) is 22.6. The number of benzene rings is 2. The first-order valence-corrected chi connectivity index (χ1v) is 11.4. The van der Waals surface area contributed by atoms with Crippen LogP contribution in [0, 0.1) is 0 Å². The van der Waals surface area contributed by atoms with Gasteiger partial charge in [0, 0.05) is 12.2 Å². The summed E-state index contributed by atoms with van der Waals surface area (Å²) in [5.41, 5.74) is 0.882. The second-order valence-corrected chi connectivity index (χ2v) is 8.40. The lowest BCUT2D eigenvalue weighted by molar-refractivity contribution is -0.368. The van der Waals surface area contributed by atoms with E-state index in [1.165, 1.54) is 0 Å². The van der Waals surface area contributed by atoms with E-state index in [4.69, 9.17) is 33.2 Å². The van der Waals surface area contributed by atoms with Crippen molar-refractivity contribution >= 4 is 0 Å². The monoisotopic (exact) mass is 458 g/mol. The van der Waals surface area contributed by atoms with E-state index in [0.717, 1.165) is 30.6 Å². The second kappa shape index (κ2) is 10.4. The molecular weight excluding hydrogens is 428 g/mol. The maximum atomic E-state index is 11.3. The minimum absolute atomic E-state index is 0.260. The number of fused-ring (bicyclic) bond motifs is 1. The molecule has 3 saturated heterocycles. The topological polar surface area (TPSA) is 84.8 Å². The van der Waals surface area contributed by atoms with Crippen LogP contribution in [0.1, 0.15) is 31.1 Å². The van der Waals surface area contributed by atoms with Crippen LogP contribution in [-0.4, -0.2) is 62.4 Å². The van der Waals surface area contributed by atoms with E-state index in [1.807, 2.05) is 30.3 Å². The highest BCUT2D eigenvalue weighted by molar-refractivity contribution is 5.31. The van der Waals surface area contributed by atoms with Gasteiger partial charge in [0.1, 0.15) is 29.8 Å². The summed E-state index contributed by atoms with van der Waals surface area (Å²) >= 11 is 0. The van der Waals surface area contributed by atoms with Crippen LogP contribution in [0.4, 0.5) is 0 Å². The van der Waals surface area contributed by atoms with Gasteiger partial charge in [-0.05, 0) is 43.5 Å². The molecule has 0 amide bonds. The molecule has 178 valence electrons. The third-order valence-corrected chi connectivity index (χ3v) is 6.14. The van der Waals surface area contributed by atoms with Crippen molar-refractivity contribution in [1.82, 2.24) is 0 Å². The van der Waals surface area contributed by atoms with E-state index in [0.29, 0.717) is 12.4 Å². The smallest absolute Gasteiger partial charge is 0.229 e. The fraction of sp³-hybridized carbons (Fsp3) is 0.520. The Hall–Kier alpha value is -2.20. The molecule has 3 heterocycles. The van der Waals surface area contributed by atoms with E-state index in [2.05, 4.69) is 0 Å². The standard InChI is InChI=1S/C25H30O8/c1-27-17-10-12-18(13-11-17)30-25-23(32-20-9-5-6-14-28-20)21(26)22-19(31-25)15-29-24(33-22)16-7-3-2-4-8-16/h2-4,7-8,10-13,19-26H,5-6,9,14-15H2,1H3/t19-,20?,21+,22+,23-,24?,25-/m1/s1. The van der Waals surface area contributed by atoms with Gasteiger partial charge in [-0.25, -0.2) is 0 Å². The summed E-state index contributed by atoms with van der Waals surface area (Å²) in [6.45, 7) is 0.890. The molecule has 5 rings (SSSR count). The Kier molecular flexibility index (Phi) is 7.10. The van der Waals surface area contributed by atoms with Gasteiger partial charge >= 0.3 is 0 Å². The maximum Gasteiger partial charge on any atom is 0.229 e. The Morgan fingerprint density at radius 1 is 0.909 bits per heavy atom. The number of hydrogen-bond acceptors (Lipinski definition) is 8. The highest BCUT2D eigenvalue weighted by Crippen LogP contribution is 2.36. The molecule has 0 spiro atoms. The summed E-state index contributed by atoms with van der Waals surface area (Å²) in [6, 6.07) is 16.8. The van der Waals surface area contributed by atoms with Gasteiger partial charge in [-0.15, -0.1) is 0 Å². The van der Waals surface area contributed by atoms with Gasteiger partial charge in [0.2, 0.25) is 6.29 Å². The Morgan fingerprint density at radius 3 is 2.42 bits per heavy atom. The number of ether oxygens (including phenoxy) is 7. The Bertz CT molecular complexity index is 870. The van der Waals surface area contributed by atoms with Gasteiger partial charge in [-0.3, -0.25) is 0 Å². The Morgan fingerprint density at radius 2 is 1.70 bits per heavy atom. The van der Waals surface area contributed by atoms with Crippen LogP contribution in [0.3, 0.4) is 0 Å². The van der Waals surface area contributed by atoms with Crippen LogP contribution in [0.25, 0.3) is 0 Å². The van der Waals surface area contributed by atoms with Crippen LogP contribution in [0.2, 0.25) is 0 Å². The van der Waals surface area contributed by atoms with E-state index in [-0.39, 0.29) is 6.61 Å². The van der Waals surface area contributed by atoms with Gasteiger partial charge < -0.3 is 38.3 Å². The van der Waals surface area contributed by atoms with Crippen molar-refractivity contribution in [3.8, 4) is 11.5 Å². The molecule has 0 aromatic heterocycles. The van der Waals surface area contributed by atoms with Crippen molar-refractivity contribution < 1.29 is 38.3 Å². The minimum atomic E-state index is -0.993. The molecule has 7 atom stereocenters. The fourth-order valence-corrected chi connectivity index (χ4v) is 4.37. The van der Waals surface area contributed by atoms with Crippen LogP contribution in [0.15, 0.2) is 54.6 Å². The molecule has 2 aromatic rings. The minimum Gasteiger partial charge on any atom is -0.497 e. The number of rotatable bonds is 6. The van der Waals surface area contributed by atoms with E-state index in [9.17, 15) is 5.11 Å². The molecule has 0 radical (unpaired) electrons. The predicted molar refractivity (Wildman–Crippen MR) is 117 cm³/mol. The summed E-state index contributed by atoms with van der Waals surface area (Å²) in [4.78, 5) is 0. The lowest BCUT2D eigenvalue weighted by Gasteiger charge is -2.48. The summed E-state index contributed by atoms with van der Waals surface area (Å²) in [7, 11) is 1.61. The lowest BCUT2D eigenvalue weighted by atomic mass is 9.97. The van der Waals surface area contributed by atoms with Gasteiger partial charge in [-0.2, -0.15) is 0 Å². The average molecular weight is 459 g/mol. The Labute approximate surface area is 193 Å². The van der Waals surface area contributed by atoms with Crippen molar-refractivity contribution in [2.75, 3.05) is 20.3 Å². The van der Waals surface area contributed by atoms with Crippen molar-refractivity contribution in [3.63, 3.8) is 0 Å². The quantitative estimate of drug-likeness (QED) is 0.707. The molecule has 2 unspecified atom stereocenters. The van der Waals surface area contributed by atoms with Crippen molar-refractivity contribution in [2.24, 2.45) is 0 Å². The average Bonchev–Trinajstić information content (AvgIpc) is 2.88. The number of methoxy groups -OCH3 is 1. The number of hydrogen-bond donors (Lipinski definition) is 1. The van der Waals surface area contributed by atoms with Crippen LogP contribution in [0.5, 0.6) is 11.5 Å². The van der Waals surface area contributed by atoms with Crippen molar-refractivity contribution in [3.05, 3.63) is 60.2 Å². The molecule has 8 heteroatoms. The zero-order valence-electron chi connectivity index (χ0n) is 18.6. The maximum absolute atomic E-state index is 11.3. The molecule has 8 nitrogen and oxygen atoms in total. The van der Waals surface area contributed by atoms with E-state index in [1.54, 1.807) is 31.4 Å². The van der Waals surface area contributed by atoms with Crippen molar-refractivity contribution in [1.29, 1.82) is 0 Å². The first kappa shape index (κ1) is 22.6.